The lowest BCUT2D eigenvalue weighted by Crippen LogP contribution is -2.37. The highest BCUT2D eigenvalue weighted by molar-refractivity contribution is 5.73. The van der Waals surface area contributed by atoms with E-state index in [0.717, 1.165) is 16.9 Å². The van der Waals surface area contributed by atoms with Gasteiger partial charge >= 0.3 is 6.03 Å². The molecule has 2 aromatic rings. The fraction of sp³-hybridized carbons (Fsp3) is 0.278. The molecule has 6 heteroatoms. The molecule has 2 rings (SSSR count). The summed E-state index contributed by atoms with van der Waals surface area (Å²) in [5, 5.41) is 15.3. The van der Waals surface area contributed by atoms with Crippen LogP contribution in [0.4, 0.5) is 9.18 Å². The molecule has 0 saturated heterocycles. The number of hydrogen-bond acceptors (Lipinski definition) is 3. The number of carbonyl (C=O) groups is 1. The number of rotatable bonds is 6. The van der Waals surface area contributed by atoms with E-state index in [-0.39, 0.29) is 18.4 Å². The molecule has 0 aromatic heterocycles. The first-order valence-electron chi connectivity index (χ1n) is 7.58. The topological polar surface area (TPSA) is 70.6 Å². The second kappa shape index (κ2) is 8.31. The first-order chi connectivity index (χ1) is 11.5. The van der Waals surface area contributed by atoms with E-state index in [9.17, 15) is 14.3 Å². The number of amides is 2. The summed E-state index contributed by atoms with van der Waals surface area (Å²) in [6, 6.07) is 10.8. The number of aryl methyl sites for hydroxylation is 1. The van der Waals surface area contributed by atoms with Crippen LogP contribution >= 0.6 is 0 Å². The van der Waals surface area contributed by atoms with Gasteiger partial charge in [0.15, 0.2) is 0 Å². The van der Waals surface area contributed by atoms with Crippen LogP contribution in [0, 0.1) is 12.7 Å². The van der Waals surface area contributed by atoms with Gasteiger partial charge in [-0.25, -0.2) is 9.18 Å². The minimum Gasteiger partial charge on any atom is -0.496 e. The van der Waals surface area contributed by atoms with Gasteiger partial charge in [-0.15, -0.1) is 0 Å². The van der Waals surface area contributed by atoms with Gasteiger partial charge in [-0.05, 0) is 41.8 Å². The fourth-order valence-electron chi connectivity index (χ4n) is 2.29. The summed E-state index contributed by atoms with van der Waals surface area (Å²) >= 11 is 0. The number of ether oxygens (including phenoxy) is 1. The van der Waals surface area contributed by atoms with E-state index in [4.69, 9.17) is 4.74 Å². The molecule has 5 nitrogen and oxygen atoms in total. The molecule has 2 aromatic carbocycles. The van der Waals surface area contributed by atoms with Gasteiger partial charge in [-0.2, -0.15) is 0 Å². The zero-order valence-electron chi connectivity index (χ0n) is 13.7. The lowest BCUT2D eigenvalue weighted by molar-refractivity contribution is 0.173. The molecule has 0 spiro atoms. The van der Waals surface area contributed by atoms with Crippen molar-refractivity contribution in [1.29, 1.82) is 0 Å². The van der Waals surface area contributed by atoms with E-state index >= 15 is 0 Å². The Kier molecular flexibility index (Phi) is 6.14. The molecule has 1 atom stereocenters. The third-order valence-electron chi connectivity index (χ3n) is 3.62. The number of nitrogens with one attached hydrogen (secondary N) is 2. The van der Waals surface area contributed by atoms with Crippen molar-refractivity contribution < 1.29 is 19.0 Å². The van der Waals surface area contributed by atoms with Gasteiger partial charge in [-0.1, -0.05) is 24.3 Å². The first kappa shape index (κ1) is 17.7. The van der Waals surface area contributed by atoms with Crippen molar-refractivity contribution >= 4 is 6.03 Å². The van der Waals surface area contributed by atoms with Crippen molar-refractivity contribution in [3.05, 3.63) is 65.0 Å². The van der Waals surface area contributed by atoms with Crippen molar-refractivity contribution in [2.24, 2.45) is 0 Å². The number of halogens is 1. The number of benzene rings is 2. The maximum absolute atomic E-state index is 12.8. The monoisotopic (exact) mass is 332 g/mol. The molecule has 0 radical (unpaired) electrons. The Morgan fingerprint density at radius 1 is 1.21 bits per heavy atom. The number of aliphatic hydroxyl groups is 1. The first-order valence-corrected chi connectivity index (χ1v) is 7.58. The van der Waals surface area contributed by atoms with Gasteiger partial charge in [0.05, 0.1) is 13.2 Å². The summed E-state index contributed by atoms with van der Waals surface area (Å²) in [7, 11) is 1.61. The Morgan fingerprint density at radius 3 is 2.54 bits per heavy atom. The minimum atomic E-state index is -0.889. The number of methoxy groups -OCH3 is 1. The molecular formula is C18H21FN2O3. The Labute approximate surface area is 140 Å². The van der Waals surface area contributed by atoms with E-state index in [2.05, 4.69) is 10.6 Å². The van der Waals surface area contributed by atoms with Crippen molar-refractivity contribution in [2.45, 2.75) is 19.6 Å². The average molecular weight is 332 g/mol. The van der Waals surface area contributed by atoms with Crippen LogP contribution in [0.15, 0.2) is 42.5 Å². The number of carbonyl (C=O) groups excluding carboxylic acids is 1. The van der Waals surface area contributed by atoms with Gasteiger partial charge < -0.3 is 20.5 Å². The molecule has 0 aliphatic rings. The van der Waals surface area contributed by atoms with E-state index in [0.29, 0.717) is 12.1 Å². The molecule has 0 aliphatic carbocycles. The minimum absolute atomic E-state index is 0.0408. The molecule has 3 N–H and O–H groups in total. The SMILES string of the molecule is COc1ccc(CNC(=O)NCC(O)c2ccc(F)cc2)cc1C. The summed E-state index contributed by atoms with van der Waals surface area (Å²) in [6.07, 6.45) is -0.889. The molecule has 0 heterocycles. The van der Waals surface area contributed by atoms with E-state index in [1.54, 1.807) is 7.11 Å². The average Bonchev–Trinajstić information content (AvgIpc) is 2.58. The summed E-state index contributed by atoms with van der Waals surface area (Å²) < 4.78 is 18.0. The van der Waals surface area contributed by atoms with Crippen LogP contribution in [0.5, 0.6) is 5.75 Å². The van der Waals surface area contributed by atoms with Gasteiger partial charge in [0.2, 0.25) is 0 Å². The van der Waals surface area contributed by atoms with Gasteiger partial charge in [0.25, 0.3) is 0 Å². The number of urea groups is 1. The summed E-state index contributed by atoms with van der Waals surface area (Å²) in [6.45, 7) is 2.34. The largest absolute Gasteiger partial charge is 0.496 e. The van der Waals surface area contributed by atoms with Crippen LogP contribution in [0.1, 0.15) is 22.8 Å². The zero-order chi connectivity index (χ0) is 17.5. The quantitative estimate of drug-likeness (QED) is 0.762. The van der Waals surface area contributed by atoms with Gasteiger partial charge in [0, 0.05) is 13.1 Å². The van der Waals surface area contributed by atoms with E-state index < -0.39 is 6.10 Å². The van der Waals surface area contributed by atoms with Gasteiger partial charge in [-0.3, -0.25) is 0 Å². The summed E-state index contributed by atoms with van der Waals surface area (Å²) in [5.41, 5.74) is 2.48. The maximum atomic E-state index is 12.8. The predicted molar refractivity (Wildman–Crippen MR) is 89.3 cm³/mol. The third kappa shape index (κ3) is 4.96. The lowest BCUT2D eigenvalue weighted by atomic mass is 10.1. The molecule has 2 amide bonds. The van der Waals surface area contributed by atoms with Crippen LogP contribution in [0.25, 0.3) is 0 Å². The third-order valence-corrected chi connectivity index (χ3v) is 3.62. The normalized spacial score (nSPS) is 11.7. The Morgan fingerprint density at radius 2 is 1.92 bits per heavy atom. The van der Waals surface area contributed by atoms with E-state index in [1.807, 2.05) is 25.1 Å². The lowest BCUT2D eigenvalue weighted by Gasteiger charge is -2.13. The van der Waals surface area contributed by atoms with Crippen LogP contribution in [-0.4, -0.2) is 24.8 Å². The highest BCUT2D eigenvalue weighted by Crippen LogP contribution is 2.18. The van der Waals surface area contributed by atoms with Crippen LogP contribution in [0.2, 0.25) is 0 Å². The highest BCUT2D eigenvalue weighted by Gasteiger charge is 2.09. The molecule has 24 heavy (non-hydrogen) atoms. The standard InChI is InChI=1S/C18H21FN2O3/c1-12-9-13(3-8-17(12)24-2)10-20-18(23)21-11-16(22)14-4-6-15(19)7-5-14/h3-9,16,22H,10-11H2,1-2H3,(H2,20,21,23). The van der Waals surface area contributed by atoms with Crippen molar-refractivity contribution in [3.63, 3.8) is 0 Å². The smallest absolute Gasteiger partial charge is 0.315 e. The molecule has 128 valence electrons. The van der Waals surface area contributed by atoms with Crippen LogP contribution in [-0.2, 0) is 6.54 Å². The predicted octanol–water partition coefficient (Wildman–Crippen LogP) is 2.68. The zero-order valence-corrected chi connectivity index (χ0v) is 13.7. The molecule has 0 bridgehead atoms. The second-order valence-electron chi connectivity index (χ2n) is 5.43. The molecule has 0 fully saturated rings. The maximum Gasteiger partial charge on any atom is 0.315 e. The fourth-order valence-corrected chi connectivity index (χ4v) is 2.29. The molecular weight excluding hydrogens is 311 g/mol. The summed E-state index contributed by atoms with van der Waals surface area (Å²) in [5.74, 6) is 0.428. The number of hydrogen-bond donors (Lipinski definition) is 3. The van der Waals surface area contributed by atoms with Gasteiger partial charge in [0.1, 0.15) is 11.6 Å². The summed E-state index contributed by atoms with van der Waals surface area (Å²) in [4.78, 5) is 11.8. The second-order valence-corrected chi connectivity index (χ2v) is 5.43. The van der Waals surface area contributed by atoms with Crippen LogP contribution in [0.3, 0.4) is 0 Å². The Bertz CT molecular complexity index is 689. The molecule has 0 saturated carbocycles. The van der Waals surface area contributed by atoms with Crippen LogP contribution < -0.4 is 15.4 Å². The van der Waals surface area contributed by atoms with Crippen molar-refractivity contribution in [1.82, 2.24) is 10.6 Å². The van der Waals surface area contributed by atoms with E-state index in [1.165, 1.54) is 24.3 Å². The Hall–Kier alpha value is -2.60. The van der Waals surface area contributed by atoms with Crippen molar-refractivity contribution in [2.75, 3.05) is 13.7 Å². The highest BCUT2D eigenvalue weighted by atomic mass is 19.1. The molecule has 1 unspecified atom stereocenters. The number of aliphatic hydroxyl groups excluding tert-OH is 1. The Balaban J connectivity index is 1.79. The van der Waals surface area contributed by atoms with Crippen molar-refractivity contribution in [3.8, 4) is 5.75 Å². The molecule has 0 aliphatic heterocycles.